The first-order chi connectivity index (χ1) is 11.5. The van der Waals surface area contributed by atoms with Crippen LogP contribution in [0.5, 0.6) is 0 Å². The van der Waals surface area contributed by atoms with Crippen LogP contribution in [0.25, 0.3) is 0 Å². The molecule has 0 bridgehead atoms. The number of rotatable bonds is 6. The zero-order valence-electron chi connectivity index (χ0n) is 13.9. The number of carbonyl (C=O) groups is 2. The second kappa shape index (κ2) is 8.50. The van der Waals surface area contributed by atoms with Gasteiger partial charge < -0.3 is 10.2 Å². The zero-order chi connectivity index (χ0) is 17.5. The third kappa shape index (κ3) is 5.39. The summed E-state index contributed by atoms with van der Waals surface area (Å²) in [7, 11) is 0. The Morgan fingerprint density at radius 2 is 1.83 bits per heavy atom. The van der Waals surface area contributed by atoms with Crippen LogP contribution in [0.3, 0.4) is 0 Å². The van der Waals surface area contributed by atoms with Gasteiger partial charge in [0.2, 0.25) is 11.8 Å². The number of halogens is 1. The van der Waals surface area contributed by atoms with Crippen molar-refractivity contribution in [1.29, 1.82) is 0 Å². The molecule has 2 aromatic carbocycles. The van der Waals surface area contributed by atoms with Crippen molar-refractivity contribution in [2.75, 3.05) is 11.4 Å². The fraction of sp³-hybridized carbons (Fsp3) is 0.263. The molecule has 24 heavy (non-hydrogen) atoms. The van der Waals surface area contributed by atoms with E-state index < -0.39 is 0 Å². The molecule has 0 atom stereocenters. The molecule has 0 aliphatic rings. The normalized spacial score (nSPS) is 10.3. The highest BCUT2D eigenvalue weighted by Gasteiger charge is 2.13. The Bertz CT molecular complexity index is 714. The van der Waals surface area contributed by atoms with Crippen LogP contribution in [0, 0.1) is 6.92 Å². The average Bonchev–Trinajstić information content (AvgIpc) is 2.54. The van der Waals surface area contributed by atoms with Crippen LogP contribution in [0.4, 0.5) is 5.69 Å². The summed E-state index contributed by atoms with van der Waals surface area (Å²) in [4.78, 5) is 25.4. The summed E-state index contributed by atoms with van der Waals surface area (Å²) in [5.74, 6) is -0.194. The zero-order valence-corrected chi connectivity index (χ0v) is 14.6. The van der Waals surface area contributed by atoms with Gasteiger partial charge in [-0.15, -0.1) is 0 Å². The fourth-order valence-corrected chi connectivity index (χ4v) is 2.54. The minimum Gasteiger partial charge on any atom is -0.352 e. The van der Waals surface area contributed by atoms with E-state index in [0.717, 1.165) is 16.8 Å². The van der Waals surface area contributed by atoms with E-state index in [4.69, 9.17) is 11.6 Å². The second-order valence-corrected chi connectivity index (χ2v) is 6.10. The third-order valence-corrected chi connectivity index (χ3v) is 3.91. The molecule has 0 aliphatic heterocycles. The summed E-state index contributed by atoms with van der Waals surface area (Å²) in [5, 5.41) is 3.49. The van der Waals surface area contributed by atoms with E-state index >= 15 is 0 Å². The summed E-state index contributed by atoms with van der Waals surface area (Å²) in [6.07, 6.45) is 0.244. The molecule has 2 aromatic rings. The number of carbonyl (C=O) groups excluding carboxylic acids is 2. The molecule has 5 heteroatoms. The number of hydrogen-bond acceptors (Lipinski definition) is 2. The Morgan fingerprint density at radius 3 is 2.46 bits per heavy atom. The molecule has 0 radical (unpaired) electrons. The molecule has 0 aliphatic carbocycles. The number of nitrogens with zero attached hydrogens (tertiary/aromatic N) is 1. The number of aryl methyl sites for hydroxylation is 1. The van der Waals surface area contributed by atoms with Crippen LogP contribution in [0.15, 0.2) is 48.5 Å². The van der Waals surface area contributed by atoms with Gasteiger partial charge in [-0.3, -0.25) is 9.59 Å². The van der Waals surface area contributed by atoms with Crippen molar-refractivity contribution in [3.63, 3.8) is 0 Å². The summed E-state index contributed by atoms with van der Waals surface area (Å²) in [6, 6.07) is 15.0. The lowest BCUT2D eigenvalue weighted by Gasteiger charge is -2.21. The maximum absolute atomic E-state index is 12.0. The van der Waals surface area contributed by atoms with Crippen LogP contribution in [-0.2, 0) is 16.1 Å². The van der Waals surface area contributed by atoms with E-state index in [9.17, 15) is 9.59 Å². The number of nitrogens with one attached hydrogen (secondary N) is 1. The largest absolute Gasteiger partial charge is 0.352 e. The molecule has 0 spiro atoms. The van der Waals surface area contributed by atoms with E-state index in [-0.39, 0.29) is 18.2 Å². The third-order valence-electron chi connectivity index (χ3n) is 3.65. The van der Waals surface area contributed by atoms with Gasteiger partial charge in [0, 0.05) is 37.1 Å². The van der Waals surface area contributed by atoms with Crippen molar-refractivity contribution in [3.05, 3.63) is 64.7 Å². The van der Waals surface area contributed by atoms with Crippen LogP contribution < -0.4 is 10.2 Å². The molecule has 1 N–H and O–H groups in total. The molecule has 2 amide bonds. The van der Waals surface area contributed by atoms with E-state index in [2.05, 4.69) is 5.32 Å². The number of anilines is 1. The van der Waals surface area contributed by atoms with Gasteiger partial charge in [-0.1, -0.05) is 41.4 Å². The van der Waals surface area contributed by atoms with E-state index in [1.54, 1.807) is 29.2 Å². The van der Waals surface area contributed by atoms with Crippen molar-refractivity contribution < 1.29 is 9.59 Å². The standard InChI is InChI=1S/C19H21ClN2O2/c1-14-4-3-5-16(12-14)13-21-19(24)10-11-22(15(2)23)18-8-6-17(20)7-9-18/h3-9,12H,10-11,13H2,1-2H3,(H,21,24). The van der Waals surface area contributed by atoms with Crippen LogP contribution >= 0.6 is 11.6 Å². The molecular weight excluding hydrogens is 324 g/mol. The second-order valence-electron chi connectivity index (χ2n) is 5.66. The minimum absolute atomic E-state index is 0.0864. The van der Waals surface area contributed by atoms with Gasteiger partial charge in [-0.2, -0.15) is 0 Å². The summed E-state index contributed by atoms with van der Waals surface area (Å²) in [6.45, 7) is 4.32. The van der Waals surface area contributed by atoms with E-state index in [1.165, 1.54) is 6.92 Å². The summed E-state index contributed by atoms with van der Waals surface area (Å²) >= 11 is 5.87. The summed E-state index contributed by atoms with van der Waals surface area (Å²) < 4.78 is 0. The minimum atomic E-state index is -0.108. The number of benzene rings is 2. The van der Waals surface area contributed by atoms with Gasteiger partial charge in [-0.05, 0) is 36.8 Å². The quantitative estimate of drug-likeness (QED) is 0.868. The van der Waals surface area contributed by atoms with Crippen LogP contribution in [0.2, 0.25) is 5.02 Å². The Labute approximate surface area is 147 Å². The topological polar surface area (TPSA) is 49.4 Å². The lowest BCUT2D eigenvalue weighted by molar-refractivity contribution is -0.121. The first-order valence-electron chi connectivity index (χ1n) is 7.81. The monoisotopic (exact) mass is 344 g/mol. The molecule has 0 unspecified atom stereocenters. The number of amides is 2. The van der Waals surface area contributed by atoms with Gasteiger partial charge in [0.05, 0.1) is 0 Å². The first kappa shape index (κ1) is 18.0. The smallest absolute Gasteiger partial charge is 0.223 e. The Hall–Kier alpha value is -2.33. The highest BCUT2D eigenvalue weighted by Crippen LogP contribution is 2.18. The lowest BCUT2D eigenvalue weighted by atomic mass is 10.1. The van der Waals surface area contributed by atoms with Gasteiger partial charge in [0.1, 0.15) is 0 Å². The Balaban J connectivity index is 1.88. The summed E-state index contributed by atoms with van der Waals surface area (Å²) in [5.41, 5.74) is 2.95. The van der Waals surface area contributed by atoms with Crippen molar-refractivity contribution in [1.82, 2.24) is 5.32 Å². The van der Waals surface area contributed by atoms with Crippen molar-refractivity contribution in [3.8, 4) is 0 Å². The Kier molecular flexibility index (Phi) is 6.38. The van der Waals surface area contributed by atoms with E-state index in [1.807, 2.05) is 31.2 Å². The van der Waals surface area contributed by atoms with Gasteiger partial charge in [0.25, 0.3) is 0 Å². The van der Waals surface area contributed by atoms with Gasteiger partial charge in [0.15, 0.2) is 0 Å². The highest BCUT2D eigenvalue weighted by atomic mass is 35.5. The van der Waals surface area contributed by atoms with Crippen molar-refractivity contribution >= 4 is 29.1 Å². The molecule has 0 saturated carbocycles. The molecular formula is C19H21ClN2O2. The predicted octanol–water partition coefficient (Wildman–Crippen LogP) is 3.71. The lowest BCUT2D eigenvalue weighted by Crippen LogP contribution is -2.33. The number of hydrogen-bond donors (Lipinski definition) is 1. The maximum Gasteiger partial charge on any atom is 0.223 e. The highest BCUT2D eigenvalue weighted by molar-refractivity contribution is 6.30. The fourth-order valence-electron chi connectivity index (χ4n) is 2.41. The van der Waals surface area contributed by atoms with Crippen molar-refractivity contribution in [2.45, 2.75) is 26.8 Å². The molecule has 2 rings (SSSR count). The van der Waals surface area contributed by atoms with Crippen molar-refractivity contribution in [2.24, 2.45) is 0 Å². The molecule has 0 saturated heterocycles. The average molecular weight is 345 g/mol. The maximum atomic E-state index is 12.0. The SMILES string of the molecule is CC(=O)N(CCC(=O)NCc1cccc(C)c1)c1ccc(Cl)cc1. The van der Waals surface area contributed by atoms with Gasteiger partial charge in [-0.25, -0.2) is 0 Å². The van der Waals surface area contributed by atoms with E-state index in [0.29, 0.717) is 18.1 Å². The molecule has 0 aromatic heterocycles. The molecule has 126 valence electrons. The molecule has 0 heterocycles. The Morgan fingerprint density at radius 1 is 1.12 bits per heavy atom. The first-order valence-corrected chi connectivity index (χ1v) is 8.19. The molecule has 4 nitrogen and oxygen atoms in total. The molecule has 0 fully saturated rings. The van der Waals surface area contributed by atoms with Crippen LogP contribution in [0.1, 0.15) is 24.5 Å². The van der Waals surface area contributed by atoms with Crippen LogP contribution in [-0.4, -0.2) is 18.4 Å². The van der Waals surface area contributed by atoms with Gasteiger partial charge >= 0.3 is 0 Å². The predicted molar refractivity (Wildman–Crippen MR) is 97.1 cm³/mol.